The lowest BCUT2D eigenvalue weighted by Crippen LogP contribution is -2.27. The van der Waals surface area contributed by atoms with E-state index in [1.54, 1.807) is 36.4 Å². The van der Waals surface area contributed by atoms with Crippen LogP contribution >= 0.6 is 0 Å². The van der Waals surface area contributed by atoms with E-state index in [9.17, 15) is 14.7 Å². The number of rotatable bonds is 5. The second-order valence-electron chi connectivity index (χ2n) is 7.92. The fourth-order valence-corrected chi connectivity index (χ4v) is 3.87. The molecular weight excluding hydrogens is 380 g/mol. The van der Waals surface area contributed by atoms with Gasteiger partial charge in [0, 0.05) is 34.5 Å². The van der Waals surface area contributed by atoms with Crippen LogP contribution in [-0.2, 0) is 4.79 Å². The molecule has 2 aliphatic rings. The van der Waals surface area contributed by atoms with E-state index in [2.05, 4.69) is 15.5 Å². The Bertz CT molecular complexity index is 1120. The number of anilines is 2. The van der Waals surface area contributed by atoms with E-state index >= 15 is 0 Å². The fraction of sp³-hybridized carbons (Fsp3) is 0.261. The van der Waals surface area contributed by atoms with Gasteiger partial charge in [0.15, 0.2) is 12.0 Å². The third-order valence-corrected chi connectivity index (χ3v) is 5.86. The average Bonchev–Trinajstić information content (AvgIpc) is 3.46. The van der Waals surface area contributed by atoms with Crippen LogP contribution in [0.5, 0.6) is 0 Å². The number of carbonyl (C=O) groups is 2. The van der Waals surface area contributed by atoms with Crippen molar-refractivity contribution < 1.29 is 14.7 Å². The molecule has 1 aliphatic carbocycles. The summed E-state index contributed by atoms with van der Waals surface area (Å²) in [4.78, 5) is 26.7. The first-order chi connectivity index (χ1) is 14.5. The van der Waals surface area contributed by atoms with Gasteiger partial charge in [0.25, 0.3) is 5.91 Å². The van der Waals surface area contributed by atoms with E-state index in [1.807, 2.05) is 25.1 Å². The van der Waals surface area contributed by atoms with E-state index in [0.29, 0.717) is 28.6 Å². The zero-order chi connectivity index (χ0) is 20.8. The van der Waals surface area contributed by atoms with Gasteiger partial charge in [0.05, 0.1) is 5.92 Å². The number of hydrogen-bond acceptors (Lipinski definition) is 4. The first-order valence-electron chi connectivity index (χ1n) is 10.1. The summed E-state index contributed by atoms with van der Waals surface area (Å²) < 4.78 is 0. The molecule has 1 aliphatic heterocycles. The highest BCUT2D eigenvalue weighted by atomic mass is 16.3. The van der Waals surface area contributed by atoms with Crippen LogP contribution in [0, 0.1) is 0 Å². The number of hydrogen-bond donors (Lipinski definition) is 3. The van der Waals surface area contributed by atoms with Gasteiger partial charge in [-0.25, -0.2) is 0 Å². The second kappa shape index (κ2) is 7.11. The highest BCUT2D eigenvalue weighted by molar-refractivity contribution is 6.10. The van der Waals surface area contributed by atoms with Crippen molar-refractivity contribution in [2.24, 2.45) is 0 Å². The van der Waals surface area contributed by atoms with Gasteiger partial charge in [-0.3, -0.25) is 19.6 Å². The van der Waals surface area contributed by atoms with Gasteiger partial charge in [0.1, 0.15) is 0 Å². The van der Waals surface area contributed by atoms with Gasteiger partial charge in [-0.15, -0.1) is 0 Å². The molecule has 0 saturated heterocycles. The predicted molar refractivity (Wildman–Crippen MR) is 112 cm³/mol. The van der Waals surface area contributed by atoms with Crippen molar-refractivity contribution in [2.45, 2.75) is 37.8 Å². The van der Waals surface area contributed by atoms with E-state index in [1.165, 1.54) is 4.90 Å². The SMILES string of the molecule is CC(C(=O)Nc1cc(C2CC2)[nH]n1)c1ccc(N2C(=O)c3ccccc3C2O)cc1. The fourth-order valence-electron chi connectivity index (χ4n) is 3.87. The van der Waals surface area contributed by atoms with E-state index in [0.717, 1.165) is 24.1 Å². The quantitative estimate of drug-likeness (QED) is 0.606. The van der Waals surface area contributed by atoms with Crippen molar-refractivity contribution in [2.75, 3.05) is 10.2 Å². The summed E-state index contributed by atoms with van der Waals surface area (Å²) in [7, 11) is 0. The van der Waals surface area contributed by atoms with E-state index in [4.69, 9.17) is 0 Å². The molecule has 152 valence electrons. The Morgan fingerprint density at radius 3 is 2.63 bits per heavy atom. The van der Waals surface area contributed by atoms with Crippen molar-refractivity contribution in [1.29, 1.82) is 0 Å². The molecular formula is C23H22N4O3. The zero-order valence-electron chi connectivity index (χ0n) is 16.5. The van der Waals surface area contributed by atoms with E-state index in [-0.39, 0.29) is 11.8 Å². The first kappa shape index (κ1) is 18.6. The van der Waals surface area contributed by atoms with E-state index < -0.39 is 12.1 Å². The highest BCUT2D eigenvalue weighted by Crippen LogP contribution is 2.39. The molecule has 3 N–H and O–H groups in total. The molecule has 0 bridgehead atoms. The topological polar surface area (TPSA) is 98.3 Å². The largest absolute Gasteiger partial charge is 0.369 e. The second-order valence-corrected chi connectivity index (χ2v) is 7.92. The lowest BCUT2D eigenvalue weighted by Gasteiger charge is -2.21. The highest BCUT2D eigenvalue weighted by Gasteiger charge is 2.36. The maximum absolute atomic E-state index is 12.7. The molecule has 3 aromatic rings. The molecule has 2 unspecified atom stereocenters. The van der Waals surface area contributed by atoms with Crippen LogP contribution in [0.2, 0.25) is 0 Å². The minimum Gasteiger partial charge on any atom is -0.369 e. The number of fused-ring (bicyclic) bond motifs is 1. The molecule has 2 heterocycles. The van der Waals surface area contributed by atoms with Gasteiger partial charge in [-0.1, -0.05) is 30.3 Å². The minimum absolute atomic E-state index is 0.152. The summed E-state index contributed by atoms with van der Waals surface area (Å²) in [6.07, 6.45) is 1.32. The lowest BCUT2D eigenvalue weighted by molar-refractivity contribution is -0.117. The number of amides is 2. The van der Waals surface area contributed by atoms with Gasteiger partial charge in [0.2, 0.25) is 5.91 Å². The van der Waals surface area contributed by atoms with Gasteiger partial charge in [-0.2, -0.15) is 5.10 Å². The third kappa shape index (κ3) is 3.17. The molecule has 2 amide bonds. The average molecular weight is 402 g/mol. The smallest absolute Gasteiger partial charge is 0.261 e. The molecule has 1 aromatic heterocycles. The Morgan fingerprint density at radius 1 is 1.20 bits per heavy atom. The van der Waals surface area contributed by atoms with Crippen molar-refractivity contribution in [1.82, 2.24) is 10.2 Å². The Hall–Kier alpha value is -3.45. The van der Waals surface area contributed by atoms with Crippen LogP contribution in [0.3, 0.4) is 0 Å². The molecule has 5 rings (SSSR count). The summed E-state index contributed by atoms with van der Waals surface area (Å²) in [5, 5.41) is 20.6. The van der Waals surface area contributed by atoms with Gasteiger partial charge < -0.3 is 10.4 Å². The summed E-state index contributed by atoms with van der Waals surface area (Å²) in [5.41, 5.74) is 3.57. The number of aromatic amines is 1. The molecule has 1 saturated carbocycles. The van der Waals surface area contributed by atoms with Crippen molar-refractivity contribution in [3.05, 3.63) is 77.0 Å². The Morgan fingerprint density at radius 2 is 1.93 bits per heavy atom. The zero-order valence-corrected chi connectivity index (χ0v) is 16.5. The van der Waals surface area contributed by atoms with Crippen LogP contribution in [0.25, 0.3) is 0 Å². The molecule has 1 fully saturated rings. The lowest BCUT2D eigenvalue weighted by atomic mass is 10.00. The molecule has 30 heavy (non-hydrogen) atoms. The number of aliphatic hydroxyl groups excluding tert-OH is 1. The normalized spacial score (nSPS) is 18.9. The third-order valence-electron chi connectivity index (χ3n) is 5.86. The number of aliphatic hydroxyl groups is 1. The minimum atomic E-state index is -1.01. The molecule has 7 nitrogen and oxygen atoms in total. The molecule has 2 aromatic carbocycles. The molecule has 7 heteroatoms. The Kier molecular flexibility index (Phi) is 4.40. The predicted octanol–water partition coefficient (Wildman–Crippen LogP) is 3.68. The van der Waals surface area contributed by atoms with Crippen LogP contribution in [0.15, 0.2) is 54.6 Å². The molecule has 2 atom stereocenters. The Labute approximate surface area is 173 Å². The summed E-state index contributed by atoms with van der Waals surface area (Å²) in [5.74, 6) is 0.302. The number of benzene rings is 2. The molecule has 0 spiro atoms. The number of aromatic nitrogens is 2. The van der Waals surface area contributed by atoms with Crippen molar-refractivity contribution in [3.8, 4) is 0 Å². The summed E-state index contributed by atoms with van der Waals surface area (Å²) in [6.45, 7) is 1.82. The number of carbonyl (C=O) groups excluding carboxylic acids is 2. The van der Waals surface area contributed by atoms with Crippen LogP contribution in [0.4, 0.5) is 11.5 Å². The monoisotopic (exact) mass is 402 g/mol. The van der Waals surface area contributed by atoms with Crippen LogP contribution in [-0.4, -0.2) is 27.1 Å². The maximum Gasteiger partial charge on any atom is 0.261 e. The number of nitrogens with zero attached hydrogens (tertiary/aromatic N) is 2. The number of nitrogens with one attached hydrogen (secondary N) is 2. The van der Waals surface area contributed by atoms with Crippen LogP contribution < -0.4 is 10.2 Å². The number of H-pyrrole nitrogens is 1. The van der Waals surface area contributed by atoms with Crippen LogP contribution in [0.1, 0.15) is 65.0 Å². The van der Waals surface area contributed by atoms with Gasteiger partial charge >= 0.3 is 0 Å². The van der Waals surface area contributed by atoms with Gasteiger partial charge in [-0.05, 0) is 43.5 Å². The van der Waals surface area contributed by atoms with Crippen molar-refractivity contribution in [3.63, 3.8) is 0 Å². The molecule has 0 radical (unpaired) electrons. The maximum atomic E-state index is 12.7. The summed E-state index contributed by atoms with van der Waals surface area (Å²) in [6, 6.07) is 16.1. The Balaban J connectivity index is 1.29. The first-order valence-corrected chi connectivity index (χ1v) is 10.1. The standard InChI is InChI=1S/C23H22N4O3/c1-13(21(28)24-20-12-19(25-26-20)15-6-7-15)14-8-10-16(11-9-14)27-22(29)17-4-2-3-5-18(17)23(27)30/h2-5,8-13,15,22,29H,6-7H2,1H3,(H2,24,25,26,28). The van der Waals surface area contributed by atoms with Crippen molar-refractivity contribution >= 4 is 23.3 Å². The summed E-state index contributed by atoms with van der Waals surface area (Å²) >= 11 is 0.